The molecule has 0 bridgehead atoms. The number of hydrogen-bond acceptors (Lipinski definition) is 4. The molecule has 1 aromatic carbocycles. The van der Waals surface area contributed by atoms with Crippen molar-refractivity contribution in [2.45, 2.75) is 26.4 Å². The van der Waals surface area contributed by atoms with Crippen molar-refractivity contribution in [3.05, 3.63) is 23.8 Å². The van der Waals surface area contributed by atoms with Crippen molar-refractivity contribution in [2.24, 2.45) is 0 Å². The van der Waals surface area contributed by atoms with Gasteiger partial charge in [0.15, 0.2) is 0 Å². The van der Waals surface area contributed by atoms with Gasteiger partial charge in [-0.05, 0) is 38.5 Å². The molecule has 2 rings (SSSR count). The third-order valence-electron chi connectivity index (χ3n) is 3.42. The van der Waals surface area contributed by atoms with Crippen LogP contribution in [0.2, 0.25) is 0 Å². The highest BCUT2D eigenvalue weighted by atomic mass is 16.5. The molecular weight excluding hydrogens is 254 g/mol. The summed E-state index contributed by atoms with van der Waals surface area (Å²) in [5.74, 6) is -0.0849. The monoisotopic (exact) mass is 277 g/mol. The SMILES string of the molecule is CCNC(=O)c1ccc(N2CCCOC(C)C2)c(N)c1. The Balaban J connectivity index is 2.18. The van der Waals surface area contributed by atoms with Gasteiger partial charge in [-0.15, -0.1) is 0 Å². The fourth-order valence-corrected chi connectivity index (χ4v) is 2.46. The lowest BCUT2D eigenvalue weighted by Gasteiger charge is -2.26. The Kier molecular flexibility index (Phi) is 4.84. The summed E-state index contributed by atoms with van der Waals surface area (Å²) in [4.78, 5) is 14.0. The third kappa shape index (κ3) is 3.42. The number of nitrogens with two attached hydrogens (primary N) is 1. The molecule has 0 saturated carbocycles. The zero-order chi connectivity index (χ0) is 14.5. The lowest BCUT2D eigenvalue weighted by atomic mass is 10.1. The molecule has 0 aliphatic carbocycles. The summed E-state index contributed by atoms with van der Waals surface area (Å²) in [5.41, 5.74) is 8.35. The average molecular weight is 277 g/mol. The molecule has 1 amide bonds. The van der Waals surface area contributed by atoms with E-state index < -0.39 is 0 Å². The molecular formula is C15H23N3O2. The minimum Gasteiger partial charge on any atom is -0.397 e. The van der Waals surface area contributed by atoms with E-state index in [1.165, 1.54) is 0 Å². The lowest BCUT2D eigenvalue weighted by molar-refractivity contribution is 0.0821. The van der Waals surface area contributed by atoms with E-state index in [0.717, 1.165) is 31.8 Å². The van der Waals surface area contributed by atoms with E-state index in [4.69, 9.17) is 10.5 Å². The van der Waals surface area contributed by atoms with Crippen molar-refractivity contribution >= 4 is 17.3 Å². The Bertz CT molecular complexity index is 476. The first-order valence-electron chi connectivity index (χ1n) is 7.16. The first kappa shape index (κ1) is 14.7. The zero-order valence-corrected chi connectivity index (χ0v) is 12.2. The van der Waals surface area contributed by atoms with E-state index in [9.17, 15) is 4.79 Å². The number of hydrogen-bond donors (Lipinski definition) is 2. The van der Waals surface area contributed by atoms with Gasteiger partial charge in [-0.25, -0.2) is 0 Å². The molecule has 1 aliphatic heterocycles. The van der Waals surface area contributed by atoms with Gasteiger partial charge in [-0.3, -0.25) is 4.79 Å². The molecule has 0 radical (unpaired) electrons. The van der Waals surface area contributed by atoms with Gasteiger partial charge in [0.1, 0.15) is 0 Å². The van der Waals surface area contributed by atoms with Crippen LogP contribution in [0, 0.1) is 0 Å². The van der Waals surface area contributed by atoms with Gasteiger partial charge in [-0.1, -0.05) is 0 Å². The highest BCUT2D eigenvalue weighted by molar-refractivity contribution is 5.96. The highest BCUT2D eigenvalue weighted by Gasteiger charge is 2.18. The quantitative estimate of drug-likeness (QED) is 0.824. The molecule has 1 saturated heterocycles. The van der Waals surface area contributed by atoms with Crippen LogP contribution in [0.5, 0.6) is 0 Å². The van der Waals surface area contributed by atoms with Crippen LogP contribution in [-0.4, -0.2) is 38.3 Å². The first-order valence-corrected chi connectivity index (χ1v) is 7.16. The molecule has 0 spiro atoms. The van der Waals surface area contributed by atoms with Crippen LogP contribution in [0.3, 0.4) is 0 Å². The van der Waals surface area contributed by atoms with Crippen LogP contribution in [0.15, 0.2) is 18.2 Å². The van der Waals surface area contributed by atoms with E-state index in [-0.39, 0.29) is 12.0 Å². The van der Waals surface area contributed by atoms with Gasteiger partial charge < -0.3 is 20.7 Å². The molecule has 1 fully saturated rings. The van der Waals surface area contributed by atoms with Crippen molar-refractivity contribution in [1.82, 2.24) is 5.32 Å². The molecule has 110 valence electrons. The van der Waals surface area contributed by atoms with E-state index in [0.29, 0.717) is 17.8 Å². The lowest BCUT2D eigenvalue weighted by Crippen LogP contribution is -2.31. The number of carbonyl (C=O) groups excluding carboxylic acids is 1. The van der Waals surface area contributed by atoms with Crippen molar-refractivity contribution in [2.75, 3.05) is 36.9 Å². The molecule has 1 heterocycles. The Hall–Kier alpha value is -1.75. The first-order chi connectivity index (χ1) is 9.61. The number of nitrogens with one attached hydrogen (secondary N) is 1. The molecule has 5 nitrogen and oxygen atoms in total. The van der Waals surface area contributed by atoms with E-state index in [2.05, 4.69) is 17.1 Å². The maximum Gasteiger partial charge on any atom is 0.251 e. The number of carbonyl (C=O) groups is 1. The van der Waals surface area contributed by atoms with Crippen molar-refractivity contribution in [3.8, 4) is 0 Å². The molecule has 20 heavy (non-hydrogen) atoms. The summed E-state index contributed by atoms with van der Waals surface area (Å²) in [6.07, 6.45) is 1.18. The summed E-state index contributed by atoms with van der Waals surface area (Å²) < 4.78 is 5.64. The predicted molar refractivity (Wildman–Crippen MR) is 81.1 cm³/mol. The van der Waals surface area contributed by atoms with Gasteiger partial charge in [0.2, 0.25) is 0 Å². The van der Waals surface area contributed by atoms with Crippen molar-refractivity contribution < 1.29 is 9.53 Å². The maximum absolute atomic E-state index is 11.8. The fraction of sp³-hybridized carbons (Fsp3) is 0.533. The summed E-state index contributed by atoms with van der Waals surface area (Å²) in [6.45, 7) is 7.11. The van der Waals surface area contributed by atoms with Gasteiger partial charge in [-0.2, -0.15) is 0 Å². The second-order valence-electron chi connectivity index (χ2n) is 5.11. The van der Waals surface area contributed by atoms with Crippen LogP contribution in [-0.2, 0) is 4.74 Å². The highest BCUT2D eigenvalue weighted by Crippen LogP contribution is 2.26. The topological polar surface area (TPSA) is 67.6 Å². The number of nitrogen functional groups attached to an aromatic ring is 1. The Morgan fingerprint density at radius 3 is 3.05 bits per heavy atom. The maximum atomic E-state index is 11.8. The van der Waals surface area contributed by atoms with Crippen LogP contribution < -0.4 is 16.0 Å². The third-order valence-corrected chi connectivity index (χ3v) is 3.42. The standard InChI is InChI=1S/C15H23N3O2/c1-3-17-15(19)12-5-6-14(13(16)9-12)18-7-4-8-20-11(2)10-18/h5-6,9,11H,3-4,7-8,10,16H2,1-2H3,(H,17,19). The minimum atomic E-state index is -0.0849. The smallest absolute Gasteiger partial charge is 0.251 e. The Morgan fingerprint density at radius 1 is 1.55 bits per heavy atom. The molecule has 3 N–H and O–H groups in total. The summed E-state index contributed by atoms with van der Waals surface area (Å²) in [5, 5.41) is 2.78. The molecule has 5 heteroatoms. The van der Waals surface area contributed by atoms with E-state index in [1.54, 1.807) is 6.07 Å². The number of ether oxygens (including phenoxy) is 1. The van der Waals surface area contributed by atoms with E-state index in [1.807, 2.05) is 19.1 Å². The summed E-state index contributed by atoms with van der Waals surface area (Å²) in [7, 11) is 0. The van der Waals surface area contributed by atoms with Crippen molar-refractivity contribution in [3.63, 3.8) is 0 Å². The molecule has 1 atom stereocenters. The zero-order valence-electron chi connectivity index (χ0n) is 12.2. The fourth-order valence-electron chi connectivity index (χ4n) is 2.46. The second kappa shape index (κ2) is 6.61. The second-order valence-corrected chi connectivity index (χ2v) is 5.11. The van der Waals surface area contributed by atoms with Crippen LogP contribution in [0.25, 0.3) is 0 Å². The average Bonchev–Trinajstić information content (AvgIpc) is 2.63. The van der Waals surface area contributed by atoms with Gasteiger partial charge >= 0.3 is 0 Å². The largest absolute Gasteiger partial charge is 0.397 e. The number of benzene rings is 1. The number of nitrogens with zero attached hydrogens (tertiary/aromatic N) is 1. The van der Waals surface area contributed by atoms with Crippen LogP contribution >= 0.6 is 0 Å². The van der Waals surface area contributed by atoms with Crippen LogP contribution in [0.1, 0.15) is 30.6 Å². The number of anilines is 2. The molecule has 0 aromatic heterocycles. The molecule has 1 aromatic rings. The summed E-state index contributed by atoms with van der Waals surface area (Å²) in [6, 6.07) is 5.50. The van der Waals surface area contributed by atoms with Crippen molar-refractivity contribution in [1.29, 1.82) is 0 Å². The Labute approximate surface area is 120 Å². The van der Waals surface area contributed by atoms with Crippen LogP contribution in [0.4, 0.5) is 11.4 Å². The number of rotatable bonds is 3. The van der Waals surface area contributed by atoms with E-state index >= 15 is 0 Å². The molecule has 1 aliphatic rings. The Morgan fingerprint density at radius 2 is 2.35 bits per heavy atom. The van der Waals surface area contributed by atoms with Gasteiger partial charge in [0.25, 0.3) is 5.91 Å². The predicted octanol–water partition coefficient (Wildman–Crippen LogP) is 1.63. The normalized spacial score (nSPS) is 19.5. The molecule has 1 unspecified atom stereocenters. The van der Waals surface area contributed by atoms with Gasteiger partial charge in [0.05, 0.1) is 17.5 Å². The summed E-state index contributed by atoms with van der Waals surface area (Å²) >= 11 is 0. The number of amides is 1. The van der Waals surface area contributed by atoms with Gasteiger partial charge in [0, 0.05) is 31.8 Å². The minimum absolute atomic E-state index is 0.0849.